The lowest BCUT2D eigenvalue weighted by molar-refractivity contribution is 0.857. The van der Waals surface area contributed by atoms with Crippen LogP contribution in [0.15, 0.2) is 30.3 Å². The van der Waals surface area contributed by atoms with Crippen molar-refractivity contribution < 1.29 is 0 Å². The molecule has 2 aromatic carbocycles. The molecule has 0 aliphatic heterocycles. The number of halogens is 1. The van der Waals surface area contributed by atoms with Gasteiger partial charge in [0.2, 0.25) is 0 Å². The molecule has 0 saturated heterocycles. The minimum atomic E-state index is -0.174. The van der Waals surface area contributed by atoms with Gasteiger partial charge < -0.3 is 5.73 Å². The molecular formula is C17H20ClN. The molecule has 0 fully saturated rings. The summed E-state index contributed by atoms with van der Waals surface area (Å²) in [5.41, 5.74) is 13.4. The van der Waals surface area contributed by atoms with Gasteiger partial charge in [0.1, 0.15) is 0 Å². The molecule has 0 aliphatic rings. The van der Waals surface area contributed by atoms with Crippen LogP contribution < -0.4 is 5.73 Å². The van der Waals surface area contributed by atoms with Crippen molar-refractivity contribution in [3.63, 3.8) is 0 Å². The molecule has 1 unspecified atom stereocenters. The molecule has 1 nitrogen and oxygen atoms in total. The first-order chi connectivity index (χ1) is 8.90. The summed E-state index contributed by atoms with van der Waals surface area (Å²) in [4.78, 5) is 0. The number of aryl methyl sites for hydroxylation is 4. The van der Waals surface area contributed by atoms with E-state index in [9.17, 15) is 0 Å². The predicted molar refractivity (Wildman–Crippen MR) is 82.9 cm³/mol. The van der Waals surface area contributed by atoms with E-state index in [1.165, 1.54) is 22.3 Å². The maximum atomic E-state index is 6.42. The monoisotopic (exact) mass is 273 g/mol. The smallest absolute Gasteiger partial charge is 0.0569 e. The third-order valence-corrected chi connectivity index (χ3v) is 4.05. The number of hydrogen-bond donors (Lipinski definition) is 1. The third kappa shape index (κ3) is 2.83. The van der Waals surface area contributed by atoms with Gasteiger partial charge in [0, 0.05) is 5.02 Å². The lowest BCUT2D eigenvalue weighted by Gasteiger charge is -2.18. The van der Waals surface area contributed by atoms with Crippen molar-refractivity contribution >= 4 is 11.6 Å². The Morgan fingerprint density at radius 2 is 1.47 bits per heavy atom. The highest BCUT2D eigenvalue weighted by Gasteiger charge is 2.15. The highest BCUT2D eigenvalue weighted by atomic mass is 35.5. The van der Waals surface area contributed by atoms with Crippen molar-refractivity contribution in [3.8, 4) is 0 Å². The van der Waals surface area contributed by atoms with E-state index in [1.807, 2.05) is 6.07 Å². The van der Waals surface area contributed by atoms with Crippen molar-refractivity contribution in [2.75, 3.05) is 0 Å². The number of benzene rings is 2. The van der Waals surface area contributed by atoms with Gasteiger partial charge in [-0.05, 0) is 61.6 Å². The van der Waals surface area contributed by atoms with Gasteiger partial charge in [-0.2, -0.15) is 0 Å². The molecule has 2 rings (SSSR count). The zero-order valence-corrected chi connectivity index (χ0v) is 12.7. The van der Waals surface area contributed by atoms with Crippen molar-refractivity contribution in [3.05, 3.63) is 68.7 Å². The van der Waals surface area contributed by atoms with E-state index in [1.54, 1.807) is 0 Å². The van der Waals surface area contributed by atoms with Crippen LogP contribution >= 0.6 is 11.6 Å². The van der Waals surface area contributed by atoms with Crippen molar-refractivity contribution in [1.29, 1.82) is 0 Å². The van der Waals surface area contributed by atoms with E-state index < -0.39 is 0 Å². The molecule has 0 bridgehead atoms. The predicted octanol–water partition coefficient (Wildman–Crippen LogP) is 4.62. The SMILES string of the molecule is Cc1ccc(C)c(C(N)c2cc(C)c(C)cc2Cl)c1. The topological polar surface area (TPSA) is 26.0 Å². The summed E-state index contributed by atoms with van der Waals surface area (Å²) in [7, 11) is 0. The third-order valence-electron chi connectivity index (χ3n) is 3.72. The van der Waals surface area contributed by atoms with Crippen LogP contribution in [0.4, 0.5) is 0 Å². The Labute approximate surface area is 120 Å². The van der Waals surface area contributed by atoms with Gasteiger partial charge in [0.25, 0.3) is 0 Å². The lowest BCUT2D eigenvalue weighted by atomic mass is 9.92. The standard InChI is InChI=1S/C17H20ClN/c1-10-5-6-11(2)14(7-10)17(19)15-8-12(3)13(4)9-16(15)18/h5-9,17H,19H2,1-4H3. The summed E-state index contributed by atoms with van der Waals surface area (Å²) in [6.07, 6.45) is 0. The molecule has 0 amide bonds. The van der Waals surface area contributed by atoms with E-state index in [2.05, 4.69) is 52.0 Å². The van der Waals surface area contributed by atoms with Crippen LogP contribution in [0, 0.1) is 27.7 Å². The lowest BCUT2D eigenvalue weighted by Crippen LogP contribution is -2.14. The Hall–Kier alpha value is -1.31. The minimum Gasteiger partial charge on any atom is -0.320 e. The molecule has 19 heavy (non-hydrogen) atoms. The highest BCUT2D eigenvalue weighted by molar-refractivity contribution is 6.31. The van der Waals surface area contributed by atoms with Gasteiger partial charge in [0.05, 0.1) is 6.04 Å². The number of rotatable bonds is 2. The zero-order valence-electron chi connectivity index (χ0n) is 11.9. The number of nitrogens with two attached hydrogens (primary N) is 1. The van der Waals surface area contributed by atoms with E-state index in [0.717, 1.165) is 16.1 Å². The second-order valence-corrected chi connectivity index (χ2v) is 5.70. The highest BCUT2D eigenvalue weighted by Crippen LogP contribution is 2.30. The van der Waals surface area contributed by atoms with Crippen LogP contribution in [0.1, 0.15) is 39.4 Å². The maximum absolute atomic E-state index is 6.42. The summed E-state index contributed by atoms with van der Waals surface area (Å²) in [5.74, 6) is 0. The van der Waals surface area contributed by atoms with E-state index >= 15 is 0 Å². The summed E-state index contributed by atoms with van der Waals surface area (Å²) in [6, 6.07) is 10.3. The Balaban J connectivity index is 2.52. The fourth-order valence-corrected chi connectivity index (χ4v) is 2.64. The maximum Gasteiger partial charge on any atom is 0.0569 e. The Bertz CT molecular complexity index is 617. The molecule has 2 heteroatoms. The zero-order chi connectivity index (χ0) is 14.2. The van der Waals surface area contributed by atoms with Crippen LogP contribution in [-0.4, -0.2) is 0 Å². The minimum absolute atomic E-state index is 0.174. The Kier molecular flexibility index (Phi) is 3.98. The van der Waals surface area contributed by atoms with Crippen molar-refractivity contribution in [2.24, 2.45) is 5.73 Å². The largest absolute Gasteiger partial charge is 0.320 e. The second-order valence-electron chi connectivity index (χ2n) is 5.30. The summed E-state index contributed by atoms with van der Waals surface area (Å²) < 4.78 is 0. The van der Waals surface area contributed by atoms with Gasteiger partial charge in [-0.3, -0.25) is 0 Å². The first-order valence-corrected chi connectivity index (χ1v) is 6.87. The second kappa shape index (κ2) is 5.36. The van der Waals surface area contributed by atoms with Gasteiger partial charge >= 0.3 is 0 Å². The van der Waals surface area contributed by atoms with E-state index in [0.29, 0.717) is 0 Å². The average Bonchev–Trinajstić information content (AvgIpc) is 2.36. The van der Waals surface area contributed by atoms with Crippen molar-refractivity contribution in [2.45, 2.75) is 33.7 Å². The molecule has 1 atom stereocenters. The molecule has 0 spiro atoms. The van der Waals surface area contributed by atoms with Gasteiger partial charge in [-0.25, -0.2) is 0 Å². The molecular weight excluding hydrogens is 254 g/mol. The Morgan fingerprint density at radius 3 is 2.16 bits per heavy atom. The molecule has 2 aromatic rings. The van der Waals surface area contributed by atoms with Gasteiger partial charge in [-0.1, -0.05) is 41.4 Å². The fraction of sp³-hybridized carbons (Fsp3) is 0.294. The van der Waals surface area contributed by atoms with Crippen LogP contribution in [0.25, 0.3) is 0 Å². The molecule has 100 valence electrons. The normalized spacial score (nSPS) is 12.5. The number of hydrogen-bond acceptors (Lipinski definition) is 1. The van der Waals surface area contributed by atoms with E-state index in [-0.39, 0.29) is 6.04 Å². The van der Waals surface area contributed by atoms with Crippen molar-refractivity contribution in [1.82, 2.24) is 0 Å². The molecule has 0 heterocycles. The molecule has 0 saturated carbocycles. The summed E-state index contributed by atoms with van der Waals surface area (Å²) in [6.45, 7) is 8.32. The van der Waals surface area contributed by atoms with Crippen LogP contribution in [-0.2, 0) is 0 Å². The molecule has 0 radical (unpaired) electrons. The average molecular weight is 274 g/mol. The van der Waals surface area contributed by atoms with Crippen LogP contribution in [0.5, 0.6) is 0 Å². The molecule has 2 N–H and O–H groups in total. The first kappa shape index (κ1) is 14.1. The van der Waals surface area contributed by atoms with Gasteiger partial charge in [-0.15, -0.1) is 0 Å². The van der Waals surface area contributed by atoms with E-state index in [4.69, 9.17) is 17.3 Å². The van der Waals surface area contributed by atoms with Crippen LogP contribution in [0.2, 0.25) is 5.02 Å². The van der Waals surface area contributed by atoms with Crippen LogP contribution in [0.3, 0.4) is 0 Å². The summed E-state index contributed by atoms with van der Waals surface area (Å²) in [5, 5.41) is 0.747. The summed E-state index contributed by atoms with van der Waals surface area (Å²) >= 11 is 6.36. The quantitative estimate of drug-likeness (QED) is 0.849. The first-order valence-electron chi connectivity index (χ1n) is 6.49. The molecule has 0 aromatic heterocycles. The Morgan fingerprint density at radius 1 is 0.842 bits per heavy atom. The fourth-order valence-electron chi connectivity index (χ4n) is 2.30. The van der Waals surface area contributed by atoms with Gasteiger partial charge in [0.15, 0.2) is 0 Å². The molecule has 0 aliphatic carbocycles.